The van der Waals surface area contributed by atoms with Gasteiger partial charge in [0, 0.05) is 22.9 Å². The van der Waals surface area contributed by atoms with Crippen molar-refractivity contribution in [3.8, 4) is 0 Å². The zero-order chi connectivity index (χ0) is 16.1. The SMILES string of the molecule is CC(C)C(=O)Nc1ccc(C(=O)Nc2ccc(F)cc2)cc1. The molecule has 0 saturated carbocycles. The van der Waals surface area contributed by atoms with Crippen molar-refractivity contribution in [2.24, 2.45) is 5.92 Å². The van der Waals surface area contributed by atoms with E-state index < -0.39 is 0 Å². The number of nitrogens with one attached hydrogen (secondary N) is 2. The Labute approximate surface area is 128 Å². The predicted molar refractivity (Wildman–Crippen MR) is 84.3 cm³/mol. The standard InChI is InChI=1S/C17H17FN2O2/c1-11(2)16(21)19-14-7-3-12(4-8-14)17(22)20-15-9-5-13(18)6-10-15/h3-11H,1-2H3,(H,19,21)(H,20,22). The minimum absolute atomic E-state index is 0.0801. The van der Waals surface area contributed by atoms with Crippen LogP contribution in [0, 0.1) is 11.7 Å². The molecule has 2 amide bonds. The summed E-state index contributed by atoms with van der Waals surface area (Å²) in [5.41, 5.74) is 1.60. The largest absolute Gasteiger partial charge is 0.326 e. The molecule has 2 aromatic carbocycles. The third-order valence-corrected chi connectivity index (χ3v) is 3.04. The predicted octanol–water partition coefficient (Wildman–Crippen LogP) is 3.67. The quantitative estimate of drug-likeness (QED) is 0.905. The molecule has 0 fully saturated rings. The molecule has 0 heterocycles. The van der Waals surface area contributed by atoms with Gasteiger partial charge in [-0.3, -0.25) is 9.59 Å². The van der Waals surface area contributed by atoms with Crippen LogP contribution in [0.4, 0.5) is 15.8 Å². The lowest BCUT2D eigenvalue weighted by Crippen LogP contribution is -2.18. The summed E-state index contributed by atoms with van der Waals surface area (Å²) in [5, 5.41) is 5.42. The first-order valence-electron chi connectivity index (χ1n) is 6.93. The number of halogens is 1. The molecule has 5 heteroatoms. The summed E-state index contributed by atoms with van der Waals surface area (Å²) in [6.45, 7) is 3.61. The van der Waals surface area contributed by atoms with Gasteiger partial charge in [0.15, 0.2) is 0 Å². The molecule has 0 aromatic heterocycles. The maximum atomic E-state index is 12.8. The lowest BCUT2D eigenvalue weighted by atomic mass is 10.1. The van der Waals surface area contributed by atoms with Gasteiger partial charge >= 0.3 is 0 Å². The topological polar surface area (TPSA) is 58.2 Å². The zero-order valence-corrected chi connectivity index (χ0v) is 12.4. The number of hydrogen-bond acceptors (Lipinski definition) is 2. The summed E-state index contributed by atoms with van der Waals surface area (Å²) < 4.78 is 12.8. The maximum absolute atomic E-state index is 12.8. The van der Waals surface area contributed by atoms with E-state index in [1.54, 1.807) is 38.1 Å². The number of hydrogen-bond donors (Lipinski definition) is 2. The molecule has 0 spiro atoms. The summed E-state index contributed by atoms with van der Waals surface area (Å²) in [4.78, 5) is 23.6. The Kier molecular flexibility index (Phi) is 4.88. The first-order valence-corrected chi connectivity index (χ1v) is 6.93. The van der Waals surface area contributed by atoms with Crippen LogP contribution >= 0.6 is 0 Å². The van der Waals surface area contributed by atoms with E-state index in [1.807, 2.05) is 0 Å². The lowest BCUT2D eigenvalue weighted by Gasteiger charge is -2.09. The average Bonchev–Trinajstić information content (AvgIpc) is 2.50. The van der Waals surface area contributed by atoms with Crippen LogP contribution in [0.3, 0.4) is 0 Å². The van der Waals surface area contributed by atoms with Crippen molar-refractivity contribution in [1.29, 1.82) is 0 Å². The van der Waals surface area contributed by atoms with Crippen LogP contribution in [0.5, 0.6) is 0 Å². The van der Waals surface area contributed by atoms with Gasteiger partial charge in [0.2, 0.25) is 5.91 Å². The molecule has 22 heavy (non-hydrogen) atoms. The molecule has 0 atom stereocenters. The van der Waals surface area contributed by atoms with Gasteiger partial charge in [-0.15, -0.1) is 0 Å². The first kappa shape index (κ1) is 15.7. The fourth-order valence-electron chi connectivity index (χ4n) is 1.73. The van der Waals surface area contributed by atoms with Crippen molar-refractivity contribution in [2.75, 3.05) is 10.6 Å². The number of carbonyl (C=O) groups is 2. The molecule has 0 aliphatic rings. The van der Waals surface area contributed by atoms with E-state index >= 15 is 0 Å². The Hall–Kier alpha value is -2.69. The van der Waals surface area contributed by atoms with Crippen LogP contribution in [-0.4, -0.2) is 11.8 Å². The van der Waals surface area contributed by atoms with Crippen LogP contribution in [-0.2, 0) is 4.79 Å². The van der Waals surface area contributed by atoms with E-state index in [9.17, 15) is 14.0 Å². The fourth-order valence-corrected chi connectivity index (χ4v) is 1.73. The van der Waals surface area contributed by atoms with E-state index in [1.165, 1.54) is 24.3 Å². The monoisotopic (exact) mass is 300 g/mol. The van der Waals surface area contributed by atoms with Crippen molar-refractivity contribution in [3.05, 3.63) is 59.9 Å². The van der Waals surface area contributed by atoms with E-state index in [2.05, 4.69) is 10.6 Å². The van der Waals surface area contributed by atoms with Gasteiger partial charge in [0.25, 0.3) is 5.91 Å². The van der Waals surface area contributed by atoms with Crippen molar-refractivity contribution in [2.45, 2.75) is 13.8 Å². The normalized spacial score (nSPS) is 10.4. The summed E-state index contributed by atoms with van der Waals surface area (Å²) >= 11 is 0. The minimum Gasteiger partial charge on any atom is -0.326 e. The van der Waals surface area contributed by atoms with E-state index in [0.29, 0.717) is 16.9 Å². The van der Waals surface area contributed by atoms with Crippen molar-refractivity contribution in [3.63, 3.8) is 0 Å². The summed E-state index contributed by atoms with van der Waals surface area (Å²) in [7, 11) is 0. The third-order valence-electron chi connectivity index (χ3n) is 3.04. The third kappa shape index (κ3) is 4.15. The molecule has 0 aliphatic carbocycles. The Balaban J connectivity index is 2.02. The molecule has 2 N–H and O–H groups in total. The maximum Gasteiger partial charge on any atom is 0.255 e. The Morgan fingerprint density at radius 3 is 1.91 bits per heavy atom. The summed E-state index contributed by atoms with van der Waals surface area (Å²) in [5.74, 6) is -0.846. The van der Waals surface area contributed by atoms with E-state index in [-0.39, 0.29) is 23.5 Å². The molecule has 2 rings (SSSR count). The Morgan fingerprint density at radius 2 is 1.36 bits per heavy atom. The van der Waals surface area contributed by atoms with Gasteiger partial charge in [-0.2, -0.15) is 0 Å². The van der Waals surface area contributed by atoms with Crippen molar-refractivity contribution in [1.82, 2.24) is 0 Å². The molecule has 4 nitrogen and oxygen atoms in total. The van der Waals surface area contributed by atoms with Crippen molar-refractivity contribution >= 4 is 23.2 Å². The van der Waals surface area contributed by atoms with Gasteiger partial charge in [0.05, 0.1) is 0 Å². The minimum atomic E-state index is -0.358. The smallest absolute Gasteiger partial charge is 0.255 e. The number of benzene rings is 2. The highest BCUT2D eigenvalue weighted by molar-refractivity contribution is 6.04. The van der Waals surface area contributed by atoms with Crippen LogP contribution in [0.15, 0.2) is 48.5 Å². The molecule has 0 bridgehead atoms. The highest BCUT2D eigenvalue weighted by Crippen LogP contribution is 2.14. The van der Waals surface area contributed by atoms with Crippen LogP contribution < -0.4 is 10.6 Å². The second-order valence-corrected chi connectivity index (χ2v) is 5.18. The second kappa shape index (κ2) is 6.85. The Bertz CT molecular complexity index is 664. The van der Waals surface area contributed by atoms with E-state index in [0.717, 1.165) is 0 Å². The number of amides is 2. The first-order chi connectivity index (χ1) is 10.5. The highest BCUT2D eigenvalue weighted by Gasteiger charge is 2.09. The number of rotatable bonds is 4. The fraction of sp³-hybridized carbons (Fsp3) is 0.176. The number of carbonyl (C=O) groups excluding carboxylic acids is 2. The van der Waals surface area contributed by atoms with Crippen molar-refractivity contribution < 1.29 is 14.0 Å². The van der Waals surface area contributed by atoms with Gasteiger partial charge in [-0.25, -0.2) is 4.39 Å². The zero-order valence-electron chi connectivity index (χ0n) is 12.4. The van der Waals surface area contributed by atoms with Gasteiger partial charge in [-0.1, -0.05) is 13.8 Å². The molecule has 0 saturated heterocycles. The molecule has 2 aromatic rings. The van der Waals surface area contributed by atoms with Crippen LogP contribution in [0.1, 0.15) is 24.2 Å². The highest BCUT2D eigenvalue weighted by atomic mass is 19.1. The second-order valence-electron chi connectivity index (χ2n) is 5.18. The summed E-state index contributed by atoms with van der Waals surface area (Å²) in [6.07, 6.45) is 0. The molecular weight excluding hydrogens is 283 g/mol. The lowest BCUT2D eigenvalue weighted by molar-refractivity contribution is -0.118. The van der Waals surface area contributed by atoms with Crippen LogP contribution in [0.2, 0.25) is 0 Å². The van der Waals surface area contributed by atoms with Gasteiger partial charge < -0.3 is 10.6 Å². The average molecular weight is 300 g/mol. The molecule has 0 radical (unpaired) electrons. The van der Waals surface area contributed by atoms with Crippen LogP contribution in [0.25, 0.3) is 0 Å². The number of anilines is 2. The molecule has 114 valence electrons. The molecular formula is C17H17FN2O2. The molecule has 0 aliphatic heterocycles. The molecule has 0 unspecified atom stereocenters. The van der Waals surface area contributed by atoms with E-state index in [4.69, 9.17) is 0 Å². The summed E-state index contributed by atoms with van der Waals surface area (Å²) in [6, 6.07) is 12.1. The van der Waals surface area contributed by atoms with Gasteiger partial charge in [-0.05, 0) is 48.5 Å². The Morgan fingerprint density at radius 1 is 0.864 bits per heavy atom. The van der Waals surface area contributed by atoms with Gasteiger partial charge in [0.1, 0.15) is 5.82 Å².